The summed E-state index contributed by atoms with van der Waals surface area (Å²) in [6.07, 6.45) is 3.44. The highest BCUT2D eigenvalue weighted by atomic mass is 28.4. The van der Waals surface area contributed by atoms with Crippen molar-refractivity contribution in [3.63, 3.8) is 0 Å². The zero-order valence-corrected chi connectivity index (χ0v) is 16.8. The number of carbonyl (C=O) groups excluding carboxylic acids is 1. The van der Waals surface area contributed by atoms with E-state index in [9.17, 15) is 4.79 Å². The van der Waals surface area contributed by atoms with E-state index in [1.54, 1.807) is 6.20 Å². The van der Waals surface area contributed by atoms with E-state index in [2.05, 4.69) is 6.58 Å². The Labute approximate surface area is 153 Å². The fourth-order valence-electron chi connectivity index (χ4n) is 2.88. The number of amides is 1. The molecule has 0 aromatic heterocycles. The molecule has 1 unspecified atom stereocenters. The van der Waals surface area contributed by atoms with Gasteiger partial charge in [-0.05, 0) is 27.4 Å². The lowest BCUT2D eigenvalue weighted by Gasteiger charge is -2.31. The minimum Gasteiger partial charge on any atom is -0.374 e. The molecule has 0 aliphatic heterocycles. The largest absolute Gasteiger partial charge is 0.501 e. The molecule has 6 heteroatoms. The summed E-state index contributed by atoms with van der Waals surface area (Å²) in [5.41, 5.74) is 1.11. The molecule has 0 aliphatic carbocycles. The lowest BCUT2D eigenvalue weighted by atomic mass is 10.2. The predicted molar refractivity (Wildman–Crippen MR) is 102 cm³/mol. The summed E-state index contributed by atoms with van der Waals surface area (Å²) in [5.74, 6) is 0. The quantitative estimate of drug-likeness (QED) is 0.286. The van der Waals surface area contributed by atoms with Gasteiger partial charge in [0.1, 0.15) is 6.54 Å². The van der Waals surface area contributed by atoms with Crippen molar-refractivity contribution in [3.8, 4) is 0 Å². The van der Waals surface area contributed by atoms with Crippen LogP contribution in [0.5, 0.6) is 0 Å². The van der Waals surface area contributed by atoms with E-state index in [0.717, 1.165) is 18.4 Å². The standard InChI is InChI=1S/C19H32NO4Si/c1-5-20(18-21,17-19-13-10-9-11-14-19)15-12-16-25(22-6-2,23-7-3)24-8-4/h5,9-11,13-14,18H,1,6-8,12,15-17H2,2-4H3/q+1. The first-order chi connectivity index (χ1) is 12.1. The summed E-state index contributed by atoms with van der Waals surface area (Å²) in [5, 5.41) is 0. The minimum absolute atomic E-state index is 0.179. The second-order valence-electron chi connectivity index (χ2n) is 5.84. The van der Waals surface area contributed by atoms with Gasteiger partial charge in [-0.15, -0.1) is 0 Å². The van der Waals surface area contributed by atoms with E-state index in [1.807, 2.05) is 51.1 Å². The SMILES string of the molecule is C=C[N+](C=O)(CCC[Si](OCC)(OCC)OCC)Cc1ccccc1. The number of hydrogen-bond acceptors (Lipinski definition) is 4. The molecule has 0 saturated heterocycles. The monoisotopic (exact) mass is 366 g/mol. The molecule has 0 bridgehead atoms. The Bertz CT molecular complexity index is 484. The molecule has 1 aromatic carbocycles. The molecule has 0 saturated carbocycles. The van der Waals surface area contributed by atoms with Gasteiger partial charge in [0.05, 0.1) is 12.7 Å². The van der Waals surface area contributed by atoms with Crippen LogP contribution in [0.1, 0.15) is 32.8 Å². The van der Waals surface area contributed by atoms with Crippen LogP contribution in [0.3, 0.4) is 0 Å². The molecular formula is C19H32NO4Si+. The Kier molecular flexibility index (Phi) is 9.85. The lowest BCUT2D eigenvalue weighted by molar-refractivity contribution is -0.807. The van der Waals surface area contributed by atoms with Gasteiger partial charge in [-0.25, -0.2) is 9.28 Å². The Hall–Kier alpha value is -1.31. The molecule has 1 amide bonds. The second kappa shape index (κ2) is 11.3. The highest BCUT2D eigenvalue weighted by Gasteiger charge is 2.40. The third kappa shape index (κ3) is 6.84. The third-order valence-corrected chi connectivity index (χ3v) is 7.19. The van der Waals surface area contributed by atoms with Gasteiger partial charge in [-0.2, -0.15) is 0 Å². The van der Waals surface area contributed by atoms with Gasteiger partial charge < -0.3 is 13.3 Å². The van der Waals surface area contributed by atoms with E-state index in [4.69, 9.17) is 13.3 Å². The van der Waals surface area contributed by atoms with Crippen molar-refractivity contribution in [2.45, 2.75) is 39.8 Å². The van der Waals surface area contributed by atoms with Crippen LogP contribution < -0.4 is 0 Å². The maximum Gasteiger partial charge on any atom is 0.501 e. The van der Waals surface area contributed by atoms with Crippen LogP contribution in [0.25, 0.3) is 0 Å². The van der Waals surface area contributed by atoms with Gasteiger partial charge in [0.15, 0.2) is 0 Å². The summed E-state index contributed by atoms with van der Waals surface area (Å²) >= 11 is 0. The van der Waals surface area contributed by atoms with Crippen LogP contribution in [-0.2, 0) is 24.6 Å². The number of hydrogen-bond donors (Lipinski definition) is 0. The zero-order chi connectivity index (χ0) is 18.6. The molecule has 1 atom stereocenters. The first-order valence-electron chi connectivity index (χ1n) is 9.01. The maximum absolute atomic E-state index is 11.8. The van der Waals surface area contributed by atoms with E-state index in [1.165, 1.54) is 0 Å². The summed E-state index contributed by atoms with van der Waals surface area (Å²) in [6, 6.07) is 10.7. The third-order valence-electron chi connectivity index (χ3n) is 4.04. The zero-order valence-electron chi connectivity index (χ0n) is 15.8. The first kappa shape index (κ1) is 21.7. The van der Waals surface area contributed by atoms with E-state index in [-0.39, 0.29) is 4.48 Å². The number of carbonyl (C=O) groups is 1. The van der Waals surface area contributed by atoms with Gasteiger partial charge >= 0.3 is 15.2 Å². The van der Waals surface area contributed by atoms with Crippen molar-refractivity contribution in [1.29, 1.82) is 0 Å². The number of nitrogens with zero attached hydrogens (tertiary/aromatic N) is 1. The van der Waals surface area contributed by atoms with Crippen LogP contribution in [-0.4, -0.2) is 46.1 Å². The van der Waals surface area contributed by atoms with Gasteiger partial charge in [0.2, 0.25) is 0 Å². The summed E-state index contributed by atoms with van der Waals surface area (Å²) in [6.45, 7) is 12.7. The van der Waals surface area contributed by atoms with Gasteiger partial charge in [0, 0.05) is 37.8 Å². The Morgan fingerprint density at radius 2 is 1.60 bits per heavy atom. The van der Waals surface area contributed by atoms with Crippen molar-refractivity contribution in [1.82, 2.24) is 0 Å². The van der Waals surface area contributed by atoms with E-state index < -0.39 is 8.80 Å². The van der Waals surface area contributed by atoms with Crippen LogP contribution in [0.2, 0.25) is 6.04 Å². The van der Waals surface area contributed by atoms with Crippen LogP contribution in [0.4, 0.5) is 0 Å². The van der Waals surface area contributed by atoms with Crippen molar-refractivity contribution in [2.24, 2.45) is 0 Å². The molecule has 0 spiro atoms. The van der Waals surface area contributed by atoms with Gasteiger partial charge in [0.25, 0.3) is 0 Å². The Morgan fingerprint density at radius 1 is 1.04 bits per heavy atom. The molecule has 5 nitrogen and oxygen atoms in total. The van der Waals surface area contributed by atoms with Gasteiger partial charge in [-0.1, -0.05) is 30.3 Å². The second-order valence-corrected chi connectivity index (χ2v) is 8.58. The van der Waals surface area contributed by atoms with Gasteiger partial charge in [-0.3, -0.25) is 0 Å². The molecule has 140 valence electrons. The topological polar surface area (TPSA) is 44.8 Å². The van der Waals surface area contributed by atoms with Crippen LogP contribution in [0.15, 0.2) is 43.1 Å². The number of benzene rings is 1. The molecule has 0 radical (unpaired) electrons. The smallest absolute Gasteiger partial charge is 0.374 e. The summed E-state index contributed by atoms with van der Waals surface area (Å²) in [7, 11) is -2.67. The van der Waals surface area contributed by atoms with Crippen molar-refractivity contribution < 1.29 is 22.6 Å². The maximum atomic E-state index is 11.8. The van der Waals surface area contributed by atoms with Crippen molar-refractivity contribution in [3.05, 3.63) is 48.7 Å². The van der Waals surface area contributed by atoms with Crippen LogP contribution in [0, 0.1) is 0 Å². The molecule has 0 fully saturated rings. The molecule has 0 aliphatic rings. The molecule has 25 heavy (non-hydrogen) atoms. The van der Waals surface area contributed by atoms with E-state index >= 15 is 0 Å². The number of rotatable bonds is 14. The predicted octanol–water partition coefficient (Wildman–Crippen LogP) is 3.74. The lowest BCUT2D eigenvalue weighted by Crippen LogP contribution is -2.47. The average molecular weight is 367 g/mol. The van der Waals surface area contributed by atoms with E-state index in [0.29, 0.717) is 39.0 Å². The fraction of sp³-hybridized carbons (Fsp3) is 0.526. The van der Waals surface area contributed by atoms with Crippen molar-refractivity contribution in [2.75, 3.05) is 26.4 Å². The highest BCUT2D eigenvalue weighted by Crippen LogP contribution is 2.21. The number of quaternary nitrogens is 1. The average Bonchev–Trinajstić information content (AvgIpc) is 2.62. The summed E-state index contributed by atoms with van der Waals surface area (Å²) in [4.78, 5) is 11.8. The first-order valence-corrected chi connectivity index (χ1v) is 10.9. The Morgan fingerprint density at radius 3 is 2.04 bits per heavy atom. The fourth-order valence-corrected chi connectivity index (χ4v) is 5.48. The Balaban J connectivity index is 2.77. The van der Waals surface area contributed by atoms with Crippen LogP contribution >= 0.6 is 0 Å². The van der Waals surface area contributed by atoms with Crippen molar-refractivity contribution >= 4 is 15.2 Å². The minimum atomic E-state index is -2.67. The highest BCUT2D eigenvalue weighted by molar-refractivity contribution is 6.60. The molecular weight excluding hydrogens is 334 g/mol. The molecule has 0 heterocycles. The molecule has 1 rings (SSSR count). The molecule has 1 aromatic rings. The normalized spacial score (nSPS) is 14.0. The summed E-state index contributed by atoms with van der Waals surface area (Å²) < 4.78 is 17.8. The molecule has 0 N–H and O–H groups in total.